The minimum Gasteiger partial charge on any atom is -0.352 e. The summed E-state index contributed by atoms with van der Waals surface area (Å²) in [7, 11) is 2.22. The molecular formula is C17H25IN2O. The molecule has 116 valence electrons. The number of amides is 1. The number of rotatable bonds is 6. The van der Waals surface area contributed by atoms with E-state index in [9.17, 15) is 4.79 Å². The van der Waals surface area contributed by atoms with Crippen molar-refractivity contribution in [1.82, 2.24) is 10.2 Å². The largest absolute Gasteiger partial charge is 0.352 e. The molecule has 1 aromatic rings. The van der Waals surface area contributed by atoms with Gasteiger partial charge in [0.2, 0.25) is 0 Å². The lowest BCUT2D eigenvalue weighted by atomic mass is 9.94. The Morgan fingerprint density at radius 1 is 1.33 bits per heavy atom. The van der Waals surface area contributed by atoms with Gasteiger partial charge in [0.25, 0.3) is 5.91 Å². The van der Waals surface area contributed by atoms with Crippen molar-refractivity contribution < 1.29 is 4.79 Å². The third-order valence-electron chi connectivity index (χ3n) is 4.26. The number of halogens is 1. The summed E-state index contributed by atoms with van der Waals surface area (Å²) in [5.41, 5.74) is 0.752. The summed E-state index contributed by atoms with van der Waals surface area (Å²) in [6, 6.07) is 8.46. The molecule has 1 amide bonds. The van der Waals surface area contributed by atoms with E-state index >= 15 is 0 Å². The highest BCUT2D eigenvalue weighted by Crippen LogP contribution is 2.21. The van der Waals surface area contributed by atoms with E-state index in [1.807, 2.05) is 24.3 Å². The average Bonchev–Trinajstić information content (AvgIpc) is 2.52. The van der Waals surface area contributed by atoms with Gasteiger partial charge in [-0.25, -0.2) is 0 Å². The number of benzene rings is 1. The molecule has 21 heavy (non-hydrogen) atoms. The molecule has 1 aromatic carbocycles. The first kappa shape index (κ1) is 16.7. The first-order valence-electron chi connectivity index (χ1n) is 7.91. The molecule has 0 heterocycles. The van der Waals surface area contributed by atoms with Gasteiger partial charge in [-0.05, 0) is 73.6 Å². The van der Waals surface area contributed by atoms with Crippen LogP contribution in [0.25, 0.3) is 0 Å². The molecule has 2 rings (SSSR count). The van der Waals surface area contributed by atoms with Crippen LogP contribution in [0.5, 0.6) is 0 Å². The maximum atomic E-state index is 12.0. The molecule has 0 saturated heterocycles. The lowest BCUT2D eigenvalue weighted by Crippen LogP contribution is -2.35. The van der Waals surface area contributed by atoms with E-state index in [0.717, 1.165) is 34.7 Å². The Bertz CT molecular complexity index is 458. The zero-order chi connectivity index (χ0) is 15.1. The summed E-state index contributed by atoms with van der Waals surface area (Å²) in [6.07, 6.45) is 7.84. The molecule has 0 aliphatic heterocycles. The molecule has 3 nitrogen and oxygen atoms in total. The fourth-order valence-electron chi connectivity index (χ4n) is 2.97. The van der Waals surface area contributed by atoms with Crippen molar-refractivity contribution in [3.8, 4) is 0 Å². The first-order valence-corrected chi connectivity index (χ1v) is 8.98. The van der Waals surface area contributed by atoms with Crippen LogP contribution in [-0.2, 0) is 0 Å². The number of carbonyl (C=O) groups excluding carboxylic acids is 1. The van der Waals surface area contributed by atoms with Crippen molar-refractivity contribution in [3.05, 3.63) is 33.4 Å². The van der Waals surface area contributed by atoms with Crippen LogP contribution < -0.4 is 5.32 Å². The highest BCUT2D eigenvalue weighted by molar-refractivity contribution is 14.1. The van der Waals surface area contributed by atoms with Crippen LogP contribution in [0.3, 0.4) is 0 Å². The van der Waals surface area contributed by atoms with Gasteiger partial charge in [0.15, 0.2) is 0 Å². The van der Waals surface area contributed by atoms with Gasteiger partial charge < -0.3 is 10.2 Å². The van der Waals surface area contributed by atoms with Crippen LogP contribution in [0.4, 0.5) is 0 Å². The monoisotopic (exact) mass is 400 g/mol. The van der Waals surface area contributed by atoms with Gasteiger partial charge in [0, 0.05) is 21.7 Å². The van der Waals surface area contributed by atoms with Crippen molar-refractivity contribution in [2.24, 2.45) is 0 Å². The van der Waals surface area contributed by atoms with Gasteiger partial charge in [-0.15, -0.1) is 0 Å². The Morgan fingerprint density at radius 3 is 2.81 bits per heavy atom. The Kier molecular flexibility index (Phi) is 6.96. The standard InChI is InChI=1S/C17H25IN2O/c1-20(16-9-3-2-4-10-16)12-6-11-19-17(21)14-7-5-8-15(18)13-14/h5,7-8,13,16H,2-4,6,9-12H2,1H3,(H,19,21). The SMILES string of the molecule is CN(CCCNC(=O)c1cccc(I)c1)C1CCCCC1. The van der Waals surface area contributed by atoms with Crippen LogP contribution >= 0.6 is 22.6 Å². The predicted octanol–water partition coefficient (Wildman–Crippen LogP) is 3.68. The average molecular weight is 400 g/mol. The second-order valence-corrected chi connectivity index (χ2v) is 7.14. The molecule has 1 N–H and O–H groups in total. The summed E-state index contributed by atoms with van der Waals surface area (Å²) in [4.78, 5) is 14.5. The molecule has 0 unspecified atom stereocenters. The van der Waals surface area contributed by atoms with Crippen LogP contribution in [0.15, 0.2) is 24.3 Å². The summed E-state index contributed by atoms with van der Waals surface area (Å²) in [5.74, 6) is 0.0360. The fraction of sp³-hybridized carbons (Fsp3) is 0.588. The van der Waals surface area contributed by atoms with E-state index in [0.29, 0.717) is 0 Å². The Morgan fingerprint density at radius 2 is 2.10 bits per heavy atom. The van der Waals surface area contributed by atoms with Gasteiger partial charge in [-0.2, -0.15) is 0 Å². The van der Waals surface area contributed by atoms with E-state index < -0.39 is 0 Å². The fourth-order valence-corrected chi connectivity index (χ4v) is 3.51. The van der Waals surface area contributed by atoms with Crippen molar-refractivity contribution >= 4 is 28.5 Å². The van der Waals surface area contributed by atoms with Crippen LogP contribution in [-0.4, -0.2) is 37.0 Å². The summed E-state index contributed by atoms with van der Waals surface area (Å²) in [5, 5.41) is 3.02. The van der Waals surface area contributed by atoms with Gasteiger partial charge in [-0.3, -0.25) is 4.79 Å². The van der Waals surface area contributed by atoms with E-state index in [1.54, 1.807) is 0 Å². The second kappa shape index (κ2) is 8.73. The van der Waals surface area contributed by atoms with Gasteiger partial charge in [-0.1, -0.05) is 25.3 Å². The molecule has 1 aliphatic rings. The molecule has 0 aromatic heterocycles. The molecule has 1 aliphatic carbocycles. The zero-order valence-electron chi connectivity index (χ0n) is 12.8. The lowest BCUT2D eigenvalue weighted by Gasteiger charge is -2.31. The quantitative estimate of drug-likeness (QED) is 0.584. The van der Waals surface area contributed by atoms with Crippen molar-refractivity contribution in [1.29, 1.82) is 0 Å². The normalized spacial score (nSPS) is 16.1. The van der Waals surface area contributed by atoms with E-state index in [1.165, 1.54) is 32.1 Å². The molecule has 0 spiro atoms. The van der Waals surface area contributed by atoms with Gasteiger partial charge in [0.05, 0.1) is 0 Å². The molecule has 0 bridgehead atoms. The second-order valence-electron chi connectivity index (χ2n) is 5.89. The Hall–Kier alpha value is -0.620. The number of hydrogen-bond donors (Lipinski definition) is 1. The summed E-state index contributed by atoms with van der Waals surface area (Å²) < 4.78 is 1.09. The highest BCUT2D eigenvalue weighted by Gasteiger charge is 2.17. The molecular weight excluding hydrogens is 375 g/mol. The number of hydrogen-bond acceptors (Lipinski definition) is 2. The van der Waals surface area contributed by atoms with Crippen LogP contribution in [0, 0.1) is 3.57 Å². The van der Waals surface area contributed by atoms with Crippen LogP contribution in [0.1, 0.15) is 48.9 Å². The molecule has 1 fully saturated rings. The van der Waals surface area contributed by atoms with Gasteiger partial charge in [0.1, 0.15) is 0 Å². The molecule has 0 atom stereocenters. The van der Waals surface area contributed by atoms with Crippen LogP contribution in [0.2, 0.25) is 0 Å². The maximum absolute atomic E-state index is 12.0. The Labute approximate surface area is 141 Å². The van der Waals surface area contributed by atoms with Crippen molar-refractivity contribution in [2.75, 3.05) is 20.1 Å². The molecule has 1 saturated carbocycles. The number of nitrogens with zero attached hydrogens (tertiary/aromatic N) is 1. The third-order valence-corrected chi connectivity index (χ3v) is 4.93. The van der Waals surface area contributed by atoms with E-state index in [2.05, 4.69) is 39.9 Å². The summed E-state index contributed by atoms with van der Waals surface area (Å²) in [6.45, 7) is 1.82. The molecule has 0 radical (unpaired) electrons. The van der Waals surface area contributed by atoms with E-state index in [-0.39, 0.29) is 5.91 Å². The van der Waals surface area contributed by atoms with E-state index in [4.69, 9.17) is 0 Å². The van der Waals surface area contributed by atoms with Gasteiger partial charge >= 0.3 is 0 Å². The smallest absolute Gasteiger partial charge is 0.251 e. The van der Waals surface area contributed by atoms with Crippen molar-refractivity contribution in [3.63, 3.8) is 0 Å². The molecule has 4 heteroatoms. The Balaban J connectivity index is 1.66. The minimum absolute atomic E-state index is 0.0360. The zero-order valence-corrected chi connectivity index (χ0v) is 14.9. The summed E-state index contributed by atoms with van der Waals surface area (Å²) >= 11 is 2.23. The minimum atomic E-state index is 0.0360. The highest BCUT2D eigenvalue weighted by atomic mass is 127. The topological polar surface area (TPSA) is 32.3 Å². The number of nitrogens with one attached hydrogen (secondary N) is 1. The van der Waals surface area contributed by atoms with Crippen molar-refractivity contribution in [2.45, 2.75) is 44.6 Å². The number of carbonyl (C=O) groups is 1. The first-order chi connectivity index (χ1) is 10.2. The predicted molar refractivity (Wildman–Crippen MR) is 95.6 cm³/mol. The third kappa shape index (κ3) is 5.58. The maximum Gasteiger partial charge on any atom is 0.251 e. The lowest BCUT2D eigenvalue weighted by molar-refractivity contribution is 0.0950.